The maximum Gasteiger partial charge on any atom is 0.0649 e. The first kappa shape index (κ1) is 13.7. The van der Waals surface area contributed by atoms with Crippen LogP contribution in [0.25, 0.3) is 0 Å². The minimum Gasteiger partial charge on any atom is -0.399 e. The van der Waals surface area contributed by atoms with Gasteiger partial charge in [-0.05, 0) is 42.8 Å². The van der Waals surface area contributed by atoms with Crippen molar-refractivity contribution in [2.75, 3.05) is 11.2 Å². The number of nitrogens with zero attached hydrogens (tertiary/aromatic N) is 1. The minimum absolute atomic E-state index is 0.489. The molecule has 5 heteroatoms. The summed E-state index contributed by atoms with van der Waals surface area (Å²) in [5.41, 5.74) is 11.9. The van der Waals surface area contributed by atoms with Crippen LogP contribution in [-0.4, -0.2) is 5.71 Å². The molecule has 0 amide bonds. The topological polar surface area (TPSA) is 50.4 Å². The smallest absolute Gasteiger partial charge is 0.0649 e. The van der Waals surface area contributed by atoms with Crippen LogP contribution >= 0.6 is 23.2 Å². The van der Waals surface area contributed by atoms with Gasteiger partial charge in [0, 0.05) is 5.69 Å². The first-order valence-corrected chi connectivity index (χ1v) is 6.43. The first-order chi connectivity index (χ1) is 9.06. The van der Waals surface area contributed by atoms with Crippen LogP contribution in [0.1, 0.15) is 12.5 Å². The Kier molecular flexibility index (Phi) is 4.30. The molecule has 0 aliphatic rings. The summed E-state index contributed by atoms with van der Waals surface area (Å²) in [5.74, 6) is 0. The fourth-order valence-corrected chi connectivity index (χ4v) is 1.84. The van der Waals surface area contributed by atoms with Crippen molar-refractivity contribution >= 4 is 40.3 Å². The third-order valence-corrected chi connectivity index (χ3v) is 3.32. The van der Waals surface area contributed by atoms with Crippen LogP contribution in [0.2, 0.25) is 10.0 Å². The highest BCUT2D eigenvalue weighted by Crippen LogP contribution is 2.25. The van der Waals surface area contributed by atoms with E-state index in [2.05, 4.69) is 10.5 Å². The molecule has 98 valence electrons. The van der Waals surface area contributed by atoms with Gasteiger partial charge in [0.15, 0.2) is 0 Å². The molecule has 0 spiro atoms. The molecule has 0 fully saturated rings. The van der Waals surface area contributed by atoms with Gasteiger partial charge in [-0.2, -0.15) is 5.10 Å². The summed E-state index contributed by atoms with van der Waals surface area (Å²) in [4.78, 5) is 0. The Bertz CT molecular complexity index is 624. The van der Waals surface area contributed by atoms with Crippen molar-refractivity contribution in [3.63, 3.8) is 0 Å². The first-order valence-electron chi connectivity index (χ1n) is 5.67. The maximum atomic E-state index is 5.93. The van der Waals surface area contributed by atoms with E-state index in [0.717, 1.165) is 17.0 Å². The van der Waals surface area contributed by atoms with Crippen LogP contribution in [-0.2, 0) is 0 Å². The van der Waals surface area contributed by atoms with E-state index in [1.165, 1.54) is 0 Å². The van der Waals surface area contributed by atoms with E-state index in [0.29, 0.717) is 15.7 Å². The average molecular weight is 294 g/mol. The third-order valence-electron chi connectivity index (χ3n) is 2.58. The van der Waals surface area contributed by atoms with Crippen molar-refractivity contribution in [1.82, 2.24) is 0 Å². The zero-order chi connectivity index (χ0) is 13.8. The molecule has 2 rings (SSSR count). The summed E-state index contributed by atoms with van der Waals surface area (Å²) >= 11 is 11.8. The Balaban J connectivity index is 2.15. The van der Waals surface area contributed by atoms with Crippen molar-refractivity contribution in [2.45, 2.75) is 6.92 Å². The van der Waals surface area contributed by atoms with Crippen LogP contribution in [0.15, 0.2) is 47.6 Å². The van der Waals surface area contributed by atoms with Gasteiger partial charge in [0.05, 0.1) is 21.4 Å². The van der Waals surface area contributed by atoms with Gasteiger partial charge < -0.3 is 5.73 Å². The summed E-state index contributed by atoms with van der Waals surface area (Å²) in [6, 6.07) is 12.8. The molecule has 19 heavy (non-hydrogen) atoms. The van der Waals surface area contributed by atoms with Crippen molar-refractivity contribution in [3.8, 4) is 0 Å². The number of hydrogen-bond donors (Lipinski definition) is 2. The third kappa shape index (κ3) is 3.63. The molecule has 0 unspecified atom stereocenters. The lowest BCUT2D eigenvalue weighted by Gasteiger charge is -2.05. The fraction of sp³-hybridized carbons (Fsp3) is 0.0714. The number of nitrogen functional groups attached to an aromatic ring is 1. The molecule has 0 radical (unpaired) electrons. The molecule has 0 atom stereocenters. The highest BCUT2D eigenvalue weighted by atomic mass is 35.5. The normalized spacial score (nSPS) is 11.4. The van der Waals surface area contributed by atoms with Crippen LogP contribution in [0.3, 0.4) is 0 Å². The van der Waals surface area contributed by atoms with Gasteiger partial charge in [-0.25, -0.2) is 0 Å². The predicted molar refractivity (Wildman–Crippen MR) is 83.2 cm³/mol. The zero-order valence-electron chi connectivity index (χ0n) is 10.3. The maximum absolute atomic E-state index is 5.93. The molecule has 3 nitrogen and oxygen atoms in total. The van der Waals surface area contributed by atoms with Crippen molar-refractivity contribution < 1.29 is 0 Å². The molecular formula is C14H13Cl2N3. The van der Waals surface area contributed by atoms with Gasteiger partial charge in [0.2, 0.25) is 0 Å². The monoisotopic (exact) mass is 293 g/mol. The summed E-state index contributed by atoms with van der Waals surface area (Å²) in [5, 5.41) is 5.29. The highest BCUT2D eigenvalue weighted by molar-refractivity contribution is 6.42. The predicted octanol–water partition coefficient (Wildman–Crippen LogP) is 4.41. The second-order valence-corrected chi connectivity index (χ2v) is 4.88. The van der Waals surface area contributed by atoms with Crippen LogP contribution in [0.4, 0.5) is 11.4 Å². The molecule has 0 bridgehead atoms. The molecule has 0 saturated heterocycles. The van der Waals surface area contributed by atoms with E-state index in [4.69, 9.17) is 28.9 Å². The number of hydrazone groups is 1. The number of benzene rings is 2. The average Bonchev–Trinajstić information content (AvgIpc) is 2.40. The Hall–Kier alpha value is -1.71. The van der Waals surface area contributed by atoms with E-state index in [-0.39, 0.29) is 0 Å². The molecule has 2 aromatic carbocycles. The molecule has 0 aromatic heterocycles. The summed E-state index contributed by atoms with van der Waals surface area (Å²) in [6.45, 7) is 1.90. The summed E-state index contributed by atoms with van der Waals surface area (Å²) < 4.78 is 0. The Morgan fingerprint density at radius 3 is 2.58 bits per heavy atom. The SMILES string of the molecule is C/C(=N\Nc1ccc(Cl)c(Cl)c1)c1cccc(N)c1. The minimum atomic E-state index is 0.489. The Morgan fingerprint density at radius 1 is 1.11 bits per heavy atom. The van der Waals surface area contributed by atoms with E-state index < -0.39 is 0 Å². The standard InChI is InChI=1S/C14H13Cl2N3/c1-9(10-3-2-4-11(17)7-10)18-19-12-5-6-13(15)14(16)8-12/h2-8,19H,17H2,1H3/b18-9+. The molecule has 0 aliphatic heterocycles. The zero-order valence-corrected chi connectivity index (χ0v) is 11.8. The quantitative estimate of drug-likeness (QED) is 0.500. The van der Waals surface area contributed by atoms with Crippen molar-refractivity contribution in [2.24, 2.45) is 5.10 Å². The second kappa shape index (κ2) is 5.95. The molecule has 3 N–H and O–H groups in total. The molecule has 0 heterocycles. The number of anilines is 2. The van der Waals surface area contributed by atoms with Crippen LogP contribution in [0.5, 0.6) is 0 Å². The van der Waals surface area contributed by atoms with Gasteiger partial charge in [0.1, 0.15) is 0 Å². The lowest BCUT2D eigenvalue weighted by atomic mass is 10.1. The van der Waals surface area contributed by atoms with Gasteiger partial charge in [-0.3, -0.25) is 5.43 Å². The molecule has 2 aromatic rings. The van der Waals surface area contributed by atoms with Gasteiger partial charge in [-0.15, -0.1) is 0 Å². The van der Waals surface area contributed by atoms with Crippen LogP contribution in [0, 0.1) is 0 Å². The van der Waals surface area contributed by atoms with E-state index >= 15 is 0 Å². The Labute approximate surface area is 122 Å². The fourth-order valence-electron chi connectivity index (χ4n) is 1.54. The lowest BCUT2D eigenvalue weighted by Crippen LogP contribution is -2.00. The largest absolute Gasteiger partial charge is 0.399 e. The number of rotatable bonds is 3. The summed E-state index contributed by atoms with van der Waals surface area (Å²) in [6.07, 6.45) is 0. The molecule has 0 saturated carbocycles. The van der Waals surface area contributed by atoms with Gasteiger partial charge >= 0.3 is 0 Å². The van der Waals surface area contributed by atoms with Crippen molar-refractivity contribution in [3.05, 3.63) is 58.1 Å². The molecular weight excluding hydrogens is 281 g/mol. The number of nitrogens with two attached hydrogens (primary N) is 1. The number of halogens is 2. The lowest BCUT2D eigenvalue weighted by molar-refractivity contribution is 1.32. The molecule has 0 aliphatic carbocycles. The van der Waals surface area contributed by atoms with E-state index in [1.807, 2.05) is 37.3 Å². The summed E-state index contributed by atoms with van der Waals surface area (Å²) in [7, 11) is 0. The van der Waals surface area contributed by atoms with Crippen LogP contribution < -0.4 is 11.2 Å². The Morgan fingerprint density at radius 2 is 1.89 bits per heavy atom. The number of nitrogens with one attached hydrogen (secondary N) is 1. The van der Waals surface area contributed by atoms with E-state index in [9.17, 15) is 0 Å². The second-order valence-electron chi connectivity index (χ2n) is 4.06. The number of hydrogen-bond acceptors (Lipinski definition) is 3. The van der Waals surface area contributed by atoms with Gasteiger partial charge in [0.25, 0.3) is 0 Å². The van der Waals surface area contributed by atoms with Gasteiger partial charge in [-0.1, -0.05) is 35.3 Å². The highest BCUT2D eigenvalue weighted by Gasteiger charge is 2.00. The van der Waals surface area contributed by atoms with Crippen molar-refractivity contribution in [1.29, 1.82) is 0 Å². The van der Waals surface area contributed by atoms with E-state index in [1.54, 1.807) is 12.1 Å².